The number of nitrogens with zero attached hydrogens (tertiary/aromatic N) is 1. The van der Waals surface area contributed by atoms with E-state index in [2.05, 4.69) is 16.3 Å². The Labute approximate surface area is 188 Å². The number of carbonyl (C=O) groups excluding carboxylic acids is 1. The maximum absolute atomic E-state index is 12.6. The second kappa shape index (κ2) is 9.05. The van der Waals surface area contributed by atoms with Crippen molar-refractivity contribution in [2.24, 2.45) is 11.8 Å². The van der Waals surface area contributed by atoms with Crippen molar-refractivity contribution in [2.75, 3.05) is 18.4 Å². The summed E-state index contributed by atoms with van der Waals surface area (Å²) < 4.78 is 5.81. The molecule has 2 aliphatic rings. The van der Waals surface area contributed by atoms with Crippen LogP contribution in [-0.4, -0.2) is 35.3 Å². The van der Waals surface area contributed by atoms with Crippen LogP contribution in [-0.2, 0) is 11.3 Å². The summed E-state index contributed by atoms with van der Waals surface area (Å²) >= 11 is 0. The minimum atomic E-state index is -0.380. The summed E-state index contributed by atoms with van der Waals surface area (Å²) in [6, 6.07) is 25.3. The second-order valence-corrected chi connectivity index (χ2v) is 8.92. The second-order valence-electron chi connectivity index (χ2n) is 8.92. The number of phenolic OH excluding ortho intramolecular Hbond substituents is 1. The molecule has 5 rings (SSSR count). The lowest BCUT2D eigenvalue weighted by Crippen LogP contribution is -2.25. The van der Waals surface area contributed by atoms with E-state index in [0.717, 1.165) is 54.9 Å². The number of carbonyl (C=O) groups is 1. The smallest absolute Gasteiger partial charge is 0.411 e. The normalized spacial score (nSPS) is 22.4. The molecule has 0 bridgehead atoms. The highest BCUT2D eigenvalue weighted by atomic mass is 16.6. The van der Waals surface area contributed by atoms with Gasteiger partial charge in [-0.3, -0.25) is 10.2 Å². The number of nitrogens with one attached hydrogen (secondary N) is 1. The summed E-state index contributed by atoms with van der Waals surface area (Å²) in [5.74, 6) is 1.43. The first kappa shape index (κ1) is 20.6. The lowest BCUT2D eigenvalue weighted by molar-refractivity contribution is 0.105. The van der Waals surface area contributed by atoms with Crippen molar-refractivity contribution in [3.8, 4) is 16.9 Å². The van der Waals surface area contributed by atoms with Gasteiger partial charge in [0.2, 0.25) is 0 Å². The molecule has 3 aromatic rings. The van der Waals surface area contributed by atoms with Gasteiger partial charge >= 0.3 is 6.09 Å². The van der Waals surface area contributed by atoms with Gasteiger partial charge in [-0.05, 0) is 54.0 Å². The van der Waals surface area contributed by atoms with Crippen LogP contribution in [0.1, 0.15) is 18.4 Å². The van der Waals surface area contributed by atoms with Crippen LogP contribution < -0.4 is 5.32 Å². The van der Waals surface area contributed by atoms with Crippen molar-refractivity contribution in [3.05, 3.63) is 84.4 Å². The Balaban J connectivity index is 1.15. The van der Waals surface area contributed by atoms with E-state index in [1.807, 2.05) is 66.7 Å². The van der Waals surface area contributed by atoms with Crippen molar-refractivity contribution in [2.45, 2.75) is 25.5 Å². The van der Waals surface area contributed by atoms with Crippen LogP contribution in [0.5, 0.6) is 5.75 Å². The number of hydrogen-bond donors (Lipinski definition) is 2. The minimum absolute atomic E-state index is 0.0307. The van der Waals surface area contributed by atoms with Crippen molar-refractivity contribution >= 4 is 11.8 Å². The molecule has 3 aromatic carbocycles. The van der Waals surface area contributed by atoms with Gasteiger partial charge in [0.1, 0.15) is 11.9 Å². The van der Waals surface area contributed by atoms with E-state index in [0.29, 0.717) is 17.6 Å². The summed E-state index contributed by atoms with van der Waals surface area (Å²) in [5.41, 5.74) is 3.94. The molecule has 1 amide bonds. The first-order valence-corrected chi connectivity index (χ1v) is 11.3. The Kier molecular flexibility index (Phi) is 5.82. The highest BCUT2D eigenvalue weighted by molar-refractivity contribution is 5.91. The predicted octanol–water partition coefficient (Wildman–Crippen LogP) is 5.52. The molecule has 3 atom stereocenters. The number of benzene rings is 3. The summed E-state index contributed by atoms with van der Waals surface area (Å²) in [5, 5.41) is 12.6. The van der Waals surface area contributed by atoms with Crippen LogP contribution >= 0.6 is 0 Å². The number of hydrogen-bond acceptors (Lipinski definition) is 4. The number of phenols is 1. The quantitative estimate of drug-likeness (QED) is 0.562. The van der Waals surface area contributed by atoms with E-state index < -0.39 is 0 Å². The monoisotopic (exact) mass is 428 g/mol. The highest BCUT2D eigenvalue weighted by Crippen LogP contribution is 2.40. The van der Waals surface area contributed by atoms with E-state index >= 15 is 0 Å². The maximum atomic E-state index is 12.6. The molecule has 1 aliphatic carbocycles. The van der Waals surface area contributed by atoms with E-state index in [9.17, 15) is 9.90 Å². The van der Waals surface area contributed by atoms with Crippen LogP contribution in [0.4, 0.5) is 10.5 Å². The SMILES string of the molecule is O=C(Nc1ccccc1-c1ccccc1)O[C@H]1C[C@@H]2CN(Cc3cccc(O)c3)C[C@@H]2C1. The standard InChI is InChI=1S/C27H28N2O3/c30-23-10-6-7-19(13-23)16-29-17-21-14-24(15-22(21)18-29)32-27(31)28-26-12-5-4-11-25(26)20-8-2-1-3-9-20/h1-13,21-22,24,30H,14-18H2,(H,28,31)/t21-,22+,24+. The fraction of sp³-hybridized carbons (Fsp3) is 0.296. The Morgan fingerprint density at radius 2 is 1.66 bits per heavy atom. The Hall–Kier alpha value is -3.31. The molecule has 32 heavy (non-hydrogen) atoms. The van der Waals surface area contributed by atoms with Crippen molar-refractivity contribution in [1.29, 1.82) is 0 Å². The third kappa shape index (κ3) is 4.63. The van der Waals surface area contributed by atoms with Crippen LogP contribution in [0.2, 0.25) is 0 Å². The lowest BCUT2D eigenvalue weighted by Gasteiger charge is -2.20. The van der Waals surface area contributed by atoms with E-state index in [1.54, 1.807) is 6.07 Å². The molecule has 1 saturated carbocycles. The Morgan fingerprint density at radius 1 is 0.938 bits per heavy atom. The zero-order chi connectivity index (χ0) is 21.9. The third-order valence-corrected chi connectivity index (χ3v) is 6.62. The van der Waals surface area contributed by atoms with E-state index in [-0.39, 0.29) is 12.2 Å². The van der Waals surface area contributed by atoms with Gasteiger partial charge in [-0.15, -0.1) is 0 Å². The molecule has 5 nitrogen and oxygen atoms in total. The van der Waals surface area contributed by atoms with Gasteiger partial charge in [0.25, 0.3) is 0 Å². The number of rotatable bonds is 5. The summed E-state index contributed by atoms with van der Waals surface area (Å²) in [4.78, 5) is 15.1. The lowest BCUT2D eigenvalue weighted by atomic mass is 10.0. The molecule has 5 heteroatoms. The van der Waals surface area contributed by atoms with Gasteiger partial charge in [0.15, 0.2) is 0 Å². The average Bonchev–Trinajstić information content (AvgIpc) is 3.32. The van der Waals surface area contributed by atoms with Crippen molar-refractivity contribution in [3.63, 3.8) is 0 Å². The maximum Gasteiger partial charge on any atom is 0.411 e. The number of fused-ring (bicyclic) bond motifs is 1. The van der Waals surface area contributed by atoms with Crippen molar-refractivity contribution in [1.82, 2.24) is 4.90 Å². The van der Waals surface area contributed by atoms with Gasteiger partial charge in [0.05, 0.1) is 5.69 Å². The Morgan fingerprint density at radius 3 is 2.41 bits per heavy atom. The molecule has 0 spiro atoms. The number of amides is 1. The molecule has 1 saturated heterocycles. The molecule has 2 fully saturated rings. The first-order chi connectivity index (χ1) is 15.6. The third-order valence-electron chi connectivity index (χ3n) is 6.62. The molecular formula is C27H28N2O3. The molecule has 1 heterocycles. The molecule has 0 aromatic heterocycles. The number of likely N-dealkylation sites (tertiary alicyclic amines) is 1. The van der Waals surface area contributed by atoms with Gasteiger partial charge in [-0.1, -0.05) is 60.7 Å². The van der Waals surface area contributed by atoms with Crippen LogP contribution in [0.15, 0.2) is 78.9 Å². The first-order valence-electron chi connectivity index (χ1n) is 11.3. The molecular weight excluding hydrogens is 400 g/mol. The number of ether oxygens (including phenoxy) is 1. The zero-order valence-corrected chi connectivity index (χ0v) is 18.0. The zero-order valence-electron chi connectivity index (χ0n) is 18.0. The van der Waals surface area contributed by atoms with Crippen LogP contribution in [0.25, 0.3) is 11.1 Å². The van der Waals surface area contributed by atoms with Gasteiger partial charge in [-0.25, -0.2) is 4.79 Å². The predicted molar refractivity (Wildman–Crippen MR) is 125 cm³/mol. The fourth-order valence-corrected chi connectivity index (χ4v) is 5.23. The largest absolute Gasteiger partial charge is 0.508 e. The van der Waals surface area contributed by atoms with Crippen molar-refractivity contribution < 1.29 is 14.6 Å². The molecule has 164 valence electrons. The number of anilines is 1. The van der Waals surface area contributed by atoms with Gasteiger partial charge in [0, 0.05) is 25.2 Å². The average molecular weight is 429 g/mol. The summed E-state index contributed by atoms with van der Waals surface area (Å²) in [7, 11) is 0. The van der Waals surface area contributed by atoms with E-state index in [4.69, 9.17) is 4.74 Å². The number of para-hydroxylation sites is 1. The number of aromatic hydroxyl groups is 1. The Bertz CT molecular complexity index is 1070. The molecule has 2 N–H and O–H groups in total. The summed E-state index contributed by atoms with van der Waals surface area (Å²) in [6.45, 7) is 2.88. The topological polar surface area (TPSA) is 61.8 Å². The minimum Gasteiger partial charge on any atom is -0.508 e. The van der Waals surface area contributed by atoms with E-state index in [1.165, 1.54) is 0 Å². The fourth-order valence-electron chi connectivity index (χ4n) is 5.23. The summed E-state index contributed by atoms with van der Waals surface area (Å²) in [6.07, 6.45) is 1.41. The molecule has 0 radical (unpaired) electrons. The van der Waals surface area contributed by atoms with Crippen LogP contribution in [0, 0.1) is 11.8 Å². The van der Waals surface area contributed by atoms with Gasteiger partial charge in [-0.2, -0.15) is 0 Å². The van der Waals surface area contributed by atoms with Crippen LogP contribution in [0.3, 0.4) is 0 Å². The molecule has 0 unspecified atom stereocenters. The molecule has 1 aliphatic heterocycles. The van der Waals surface area contributed by atoms with Gasteiger partial charge < -0.3 is 9.84 Å². The highest BCUT2D eigenvalue weighted by Gasteiger charge is 2.42.